The van der Waals surface area contributed by atoms with E-state index in [9.17, 15) is 13.2 Å². The van der Waals surface area contributed by atoms with Crippen molar-refractivity contribution in [1.82, 2.24) is 4.90 Å². The molecule has 0 bridgehead atoms. The van der Waals surface area contributed by atoms with E-state index in [1.165, 1.54) is 12.1 Å². The molecule has 0 saturated carbocycles. The zero-order valence-corrected chi connectivity index (χ0v) is 17.9. The number of nitrogens with zero attached hydrogens (tertiary/aromatic N) is 1. The first-order valence-corrected chi connectivity index (χ1v) is 11.6. The Labute approximate surface area is 177 Å². The van der Waals surface area contributed by atoms with Crippen LogP contribution in [0.15, 0.2) is 89.8 Å². The third-order valence-corrected chi connectivity index (χ3v) is 5.79. The van der Waals surface area contributed by atoms with Gasteiger partial charge in [0.15, 0.2) is 15.9 Å². The van der Waals surface area contributed by atoms with Crippen LogP contribution in [0.2, 0.25) is 0 Å². The lowest BCUT2D eigenvalue weighted by Gasteiger charge is -2.26. The Bertz CT molecular complexity index is 1020. The molecular formula is C24H25NO4S. The van der Waals surface area contributed by atoms with Gasteiger partial charge in [0.2, 0.25) is 0 Å². The van der Waals surface area contributed by atoms with Gasteiger partial charge in [0, 0.05) is 19.3 Å². The maximum Gasteiger partial charge on any atom is 0.263 e. The van der Waals surface area contributed by atoms with Crippen molar-refractivity contribution >= 4 is 15.7 Å². The Morgan fingerprint density at radius 2 is 1.30 bits per heavy atom. The molecule has 0 heterocycles. The molecule has 0 aromatic heterocycles. The van der Waals surface area contributed by atoms with E-state index in [1.54, 1.807) is 24.0 Å². The van der Waals surface area contributed by atoms with Crippen molar-refractivity contribution in [2.75, 3.05) is 6.26 Å². The summed E-state index contributed by atoms with van der Waals surface area (Å²) < 4.78 is 29.0. The predicted octanol–water partition coefficient (Wildman–Crippen LogP) is 4.09. The normalized spacial score (nSPS) is 12.2. The van der Waals surface area contributed by atoms with Gasteiger partial charge in [-0.05, 0) is 42.3 Å². The third kappa shape index (κ3) is 5.94. The summed E-state index contributed by atoms with van der Waals surface area (Å²) in [6, 6.07) is 25.7. The van der Waals surface area contributed by atoms with E-state index in [0.29, 0.717) is 18.8 Å². The average Bonchev–Trinajstić information content (AvgIpc) is 2.74. The summed E-state index contributed by atoms with van der Waals surface area (Å²) in [5.41, 5.74) is 2.07. The lowest BCUT2D eigenvalue weighted by molar-refractivity contribution is -0.139. The molecule has 0 aliphatic heterocycles. The van der Waals surface area contributed by atoms with E-state index in [4.69, 9.17) is 4.74 Å². The van der Waals surface area contributed by atoms with E-state index in [-0.39, 0.29) is 10.8 Å². The number of hydrogen-bond donors (Lipinski definition) is 0. The lowest BCUT2D eigenvalue weighted by atomic mass is 10.1. The molecule has 5 nitrogen and oxygen atoms in total. The lowest BCUT2D eigenvalue weighted by Crippen LogP contribution is -2.39. The van der Waals surface area contributed by atoms with Crippen LogP contribution in [0.1, 0.15) is 18.1 Å². The summed E-state index contributed by atoms with van der Waals surface area (Å²) in [4.78, 5) is 15.2. The molecule has 3 aromatic rings. The molecular weight excluding hydrogens is 398 g/mol. The maximum absolute atomic E-state index is 13.2. The van der Waals surface area contributed by atoms with Crippen molar-refractivity contribution in [3.8, 4) is 5.75 Å². The van der Waals surface area contributed by atoms with Crippen LogP contribution in [-0.4, -0.2) is 31.6 Å². The van der Waals surface area contributed by atoms with Gasteiger partial charge in [-0.1, -0.05) is 60.7 Å². The molecule has 0 fully saturated rings. The van der Waals surface area contributed by atoms with Gasteiger partial charge < -0.3 is 9.64 Å². The topological polar surface area (TPSA) is 63.7 Å². The van der Waals surface area contributed by atoms with Gasteiger partial charge in [-0.15, -0.1) is 0 Å². The van der Waals surface area contributed by atoms with Crippen LogP contribution in [0.4, 0.5) is 0 Å². The number of ether oxygens (including phenoxy) is 1. The van der Waals surface area contributed by atoms with Gasteiger partial charge >= 0.3 is 0 Å². The third-order valence-electron chi connectivity index (χ3n) is 4.66. The van der Waals surface area contributed by atoms with E-state index in [0.717, 1.165) is 17.4 Å². The van der Waals surface area contributed by atoms with Crippen LogP contribution in [0.25, 0.3) is 0 Å². The SMILES string of the molecule is CC(Oc1ccc(S(C)(=O)=O)cc1)C(=O)N(Cc1ccccc1)Cc1ccccc1. The van der Waals surface area contributed by atoms with E-state index >= 15 is 0 Å². The Morgan fingerprint density at radius 3 is 1.73 bits per heavy atom. The van der Waals surface area contributed by atoms with Crippen LogP contribution in [0.3, 0.4) is 0 Å². The quantitative estimate of drug-likeness (QED) is 0.548. The van der Waals surface area contributed by atoms with Gasteiger partial charge in [0.1, 0.15) is 5.75 Å². The molecule has 1 atom stereocenters. The van der Waals surface area contributed by atoms with E-state index in [2.05, 4.69) is 0 Å². The maximum atomic E-state index is 13.2. The summed E-state index contributed by atoms with van der Waals surface area (Å²) >= 11 is 0. The fraction of sp³-hybridized carbons (Fsp3) is 0.208. The highest BCUT2D eigenvalue weighted by Crippen LogP contribution is 2.19. The molecule has 1 unspecified atom stereocenters. The summed E-state index contributed by atoms with van der Waals surface area (Å²) in [7, 11) is -3.28. The molecule has 6 heteroatoms. The Balaban J connectivity index is 1.75. The second kappa shape index (κ2) is 9.59. The Hall–Kier alpha value is -3.12. The first kappa shape index (κ1) is 21.6. The highest BCUT2D eigenvalue weighted by atomic mass is 32.2. The van der Waals surface area contributed by atoms with Crippen molar-refractivity contribution < 1.29 is 17.9 Å². The number of sulfone groups is 1. The van der Waals surface area contributed by atoms with Gasteiger partial charge in [-0.25, -0.2) is 8.42 Å². The second-order valence-electron chi connectivity index (χ2n) is 7.17. The number of carbonyl (C=O) groups excluding carboxylic acids is 1. The first-order chi connectivity index (χ1) is 14.3. The van der Waals surface area contributed by atoms with Crippen molar-refractivity contribution in [2.45, 2.75) is 31.0 Å². The highest BCUT2D eigenvalue weighted by molar-refractivity contribution is 7.90. The zero-order chi connectivity index (χ0) is 21.6. The van der Waals surface area contributed by atoms with Crippen LogP contribution in [0.5, 0.6) is 5.75 Å². The molecule has 0 spiro atoms. The summed E-state index contributed by atoms with van der Waals surface area (Å²) in [5.74, 6) is 0.303. The minimum absolute atomic E-state index is 0.144. The average molecular weight is 424 g/mol. The molecule has 0 N–H and O–H groups in total. The van der Waals surface area contributed by atoms with E-state index < -0.39 is 15.9 Å². The summed E-state index contributed by atoms with van der Waals surface area (Å²) in [5, 5.41) is 0. The van der Waals surface area contributed by atoms with Crippen molar-refractivity contribution in [2.24, 2.45) is 0 Å². The molecule has 0 aliphatic carbocycles. The van der Waals surface area contributed by atoms with Gasteiger partial charge in [0.05, 0.1) is 4.90 Å². The number of benzene rings is 3. The predicted molar refractivity (Wildman–Crippen MR) is 117 cm³/mol. The molecule has 3 aromatic carbocycles. The Morgan fingerprint density at radius 1 is 0.833 bits per heavy atom. The fourth-order valence-corrected chi connectivity index (χ4v) is 3.73. The highest BCUT2D eigenvalue weighted by Gasteiger charge is 2.23. The molecule has 3 rings (SSSR count). The van der Waals surface area contributed by atoms with E-state index in [1.807, 2.05) is 60.7 Å². The fourth-order valence-electron chi connectivity index (χ4n) is 3.10. The van der Waals surface area contributed by atoms with Crippen molar-refractivity contribution in [3.05, 3.63) is 96.1 Å². The molecule has 1 amide bonds. The van der Waals surface area contributed by atoms with Gasteiger partial charge in [-0.3, -0.25) is 4.79 Å². The van der Waals surface area contributed by atoms with Crippen molar-refractivity contribution in [1.29, 1.82) is 0 Å². The number of carbonyl (C=O) groups is 1. The monoisotopic (exact) mass is 423 g/mol. The molecule has 30 heavy (non-hydrogen) atoms. The Kier molecular flexibility index (Phi) is 6.90. The van der Waals surface area contributed by atoms with Crippen LogP contribution in [0, 0.1) is 0 Å². The van der Waals surface area contributed by atoms with Crippen LogP contribution in [-0.2, 0) is 27.7 Å². The van der Waals surface area contributed by atoms with Crippen LogP contribution < -0.4 is 4.74 Å². The molecule has 156 valence electrons. The number of rotatable bonds is 8. The van der Waals surface area contributed by atoms with Crippen molar-refractivity contribution in [3.63, 3.8) is 0 Å². The minimum atomic E-state index is -3.28. The zero-order valence-electron chi connectivity index (χ0n) is 17.1. The number of hydrogen-bond acceptors (Lipinski definition) is 4. The number of amides is 1. The largest absolute Gasteiger partial charge is 0.481 e. The van der Waals surface area contributed by atoms with Gasteiger partial charge in [0.25, 0.3) is 5.91 Å². The minimum Gasteiger partial charge on any atom is -0.481 e. The summed E-state index contributed by atoms with van der Waals surface area (Å²) in [6.45, 7) is 2.64. The molecule has 0 aliphatic rings. The standard InChI is InChI=1S/C24H25NO4S/c1-19(29-22-13-15-23(16-14-22)30(2,27)28)24(26)25(17-20-9-5-3-6-10-20)18-21-11-7-4-8-12-21/h3-16,19H,17-18H2,1-2H3. The van der Waals surface area contributed by atoms with Gasteiger partial charge in [-0.2, -0.15) is 0 Å². The molecule has 0 radical (unpaired) electrons. The second-order valence-corrected chi connectivity index (χ2v) is 9.18. The smallest absolute Gasteiger partial charge is 0.263 e. The van der Waals surface area contributed by atoms with Crippen LogP contribution >= 0.6 is 0 Å². The first-order valence-electron chi connectivity index (χ1n) is 9.66. The molecule has 0 saturated heterocycles. The summed E-state index contributed by atoms with van der Waals surface area (Å²) in [6.07, 6.45) is 0.432.